The SMILES string of the molecule is CC(C)(C)n1cc(NC(=O)c2cccc(NS(=O)(=O)c3ccccc3)c2)cn1. The zero-order valence-electron chi connectivity index (χ0n) is 15.9. The quantitative estimate of drug-likeness (QED) is 0.685. The number of rotatable bonds is 5. The average Bonchev–Trinajstić information content (AvgIpc) is 3.11. The van der Waals surface area contributed by atoms with Crippen LogP contribution in [0.3, 0.4) is 0 Å². The monoisotopic (exact) mass is 398 g/mol. The van der Waals surface area contributed by atoms with Gasteiger partial charge < -0.3 is 5.32 Å². The van der Waals surface area contributed by atoms with Gasteiger partial charge >= 0.3 is 0 Å². The van der Waals surface area contributed by atoms with Gasteiger partial charge in [-0.25, -0.2) is 8.42 Å². The van der Waals surface area contributed by atoms with Gasteiger partial charge in [-0.3, -0.25) is 14.2 Å². The normalized spacial score (nSPS) is 11.8. The molecule has 1 heterocycles. The van der Waals surface area contributed by atoms with E-state index in [4.69, 9.17) is 0 Å². The summed E-state index contributed by atoms with van der Waals surface area (Å²) in [5.41, 5.74) is 1.01. The second kappa shape index (κ2) is 7.47. The molecule has 28 heavy (non-hydrogen) atoms. The summed E-state index contributed by atoms with van der Waals surface area (Å²) in [4.78, 5) is 12.7. The van der Waals surface area contributed by atoms with Gasteiger partial charge in [-0.05, 0) is 51.1 Å². The minimum absolute atomic E-state index is 0.152. The Morgan fingerprint density at radius 2 is 1.71 bits per heavy atom. The Labute approximate surface area is 164 Å². The van der Waals surface area contributed by atoms with Gasteiger partial charge in [-0.2, -0.15) is 5.10 Å². The predicted molar refractivity (Wildman–Crippen MR) is 109 cm³/mol. The number of anilines is 2. The Morgan fingerprint density at radius 3 is 2.36 bits per heavy atom. The van der Waals surface area contributed by atoms with Crippen LogP contribution < -0.4 is 10.0 Å². The molecule has 8 heteroatoms. The van der Waals surface area contributed by atoms with Crippen molar-refractivity contribution in [1.29, 1.82) is 0 Å². The third-order valence-electron chi connectivity index (χ3n) is 3.96. The molecule has 0 spiro atoms. The summed E-state index contributed by atoms with van der Waals surface area (Å²) >= 11 is 0. The summed E-state index contributed by atoms with van der Waals surface area (Å²) in [5.74, 6) is -0.353. The zero-order chi connectivity index (χ0) is 20.4. The first-order valence-electron chi connectivity index (χ1n) is 8.70. The Morgan fingerprint density at radius 1 is 1.00 bits per heavy atom. The molecule has 2 aromatic carbocycles. The number of hydrogen-bond donors (Lipinski definition) is 2. The average molecular weight is 398 g/mol. The van der Waals surface area contributed by atoms with Crippen LogP contribution in [0.4, 0.5) is 11.4 Å². The fraction of sp³-hybridized carbons (Fsp3) is 0.200. The Hall–Kier alpha value is -3.13. The molecular weight excluding hydrogens is 376 g/mol. The molecule has 0 aliphatic heterocycles. The minimum atomic E-state index is -3.72. The summed E-state index contributed by atoms with van der Waals surface area (Å²) in [7, 11) is -3.72. The van der Waals surface area contributed by atoms with Gasteiger partial charge in [0.05, 0.1) is 22.3 Å². The van der Waals surface area contributed by atoms with Crippen molar-refractivity contribution in [2.75, 3.05) is 10.0 Å². The van der Waals surface area contributed by atoms with Crippen LogP contribution in [0.15, 0.2) is 71.9 Å². The third kappa shape index (κ3) is 4.58. The van der Waals surface area contributed by atoms with Gasteiger partial charge in [0.1, 0.15) is 0 Å². The van der Waals surface area contributed by atoms with Crippen LogP contribution in [-0.2, 0) is 15.6 Å². The van der Waals surface area contributed by atoms with Crippen molar-refractivity contribution in [3.05, 3.63) is 72.6 Å². The summed E-state index contributed by atoms with van der Waals surface area (Å²) in [6.07, 6.45) is 3.32. The number of aromatic nitrogens is 2. The zero-order valence-corrected chi connectivity index (χ0v) is 16.7. The lowest BCUT2D eigenvalue weighted by molar-refractivity contribution is 0.102. The maximum Gasteiger partial charge on any atom is 0.261 e. The number of nitrogens with zero attached hydrogens (tertiary/aromatic N) is 2. The van der Waals surface area contributed by atoms with Gasteiger partial charge in [-0.1, -0.05) is 24.3 Å². The number of carbonyl (C=O) groups is 1. The minimum Gasteiger partial charge on any atom is -0.319 e. The molecule has 3 rings (SSSR count). The molecule has 0 atom stereocenters. The lowest BCUT2D eigenvalue weighted by atomic mass is 10.1. The Bertz CT molecular complexity index is 1080. The Kier molecular flexibility index (Phi) is 5.24. The summed E-state index contributed by atoms with van der Waals surface area (Å²) in [5, 5.41) is 7.02. The number of amides is 1. The van der Waals surface area contributed by atoms with Gasteiger partial charge in [0, 0.05) is 17.4 Å². The third-order valence-corrected chi connectivity index (χ3v) is 5.36. The van der Waals surface area contributed by atoms with E-state index in [2.05, 4.69) is 15.1 Å². The van der Waals surface area contributed by atoms with Gasteiger partial charge in [-0.15, -0.1) is 0 Å². The van der Waals surface area contributed by atoms with Crippen molar-refractivity contribution in [3.8, 4) is 0 Å². The second-order valence-corrected chi connectivity index (χ2v) is 8.98. The standard InChI is InChI=1S/C20H22N4O3S/c1-20(2,3)24-14-17(13-21-24)22-19(25)15-8-7-9-16(12-15)23-28(26,27)18-10-5-4-6-11-18/h4-14,23H,1-3H3,(H,22,25). The lowest BCUT2D eigenvalue weighted by Crippen LogP contribution is -2.22. The van der Waals surface area contributed by atoms with E-state index in [1.165, 1.54) is 18.2 Å². The van der Waals surface area contributed by atoms with Gasteiger partial charge in [0.25, 0.3) is 15.9 Å². The maximum atomic E-state index is 12.5. The number of carbonyl (C=O) groups excluding carboxylic acids is 1. The van der Waals surface area contributed by atoms with E-state index in [0.717, 1.165) is 0 Å². The molecule has 7 nitrogen and oxygen atoms in total. The summed E-state index contributed by atoms with van der Waals surface area (Å²) < 4.78 is 29.1. The largest absolute Gasteiger partial charge is 0.319 e. The summed E-state index contributed by atoms with van der Waals surface area (Å²) in [6, 6.07) is 14.4. The van der Waals surface area contributed by atoms with Gasteiger partial charge in [0.2, 0.25) is 0 Å². The highest BCUT2D eigenvalue weighted by Crippen LogP contribution is 2.19. The van der Waals surface area contributed by atoms with E-state index in [1.807, 2.05) is 20.8 Å². The predicted octanol–water partition coefficient (Wildman–Crippen LogP) is 3.69. The molecule has 0 saturated heterocycles. The van der Waals surface area contributed by atoms with E-state index < -0.39 is 10.0 Å². The van der Waals surface area contributed by atoms with Crippen LogP contribution in [0.25, 0.3) is 0 Å². The molecule has 0 bridgehead atoms. The molecule has 0 aliphatic carbocycles. The molecule has 0 radical (unpaired) electrons. The molecule has 0 unspecified atom stereocenters. The topological polar surface area (TPSA) is 93.1 Å². The van der Waals surface area contributed by atoms with Crippen molar-refractivity contribution in [2.45, 2.75) is 31.2 Å². The van der Waals surface area contributed by atoms with Crippen LogP contribution in [0.2, 0.25) is 0 Å². The fourth-order valence-corrected chi connectivity index (χ4v) is 3.57. The summed E-state index contributed by atoms with van der Waals surface area (Å²) in [6.45, 7) is 6.02. The molecular formula is C20H22N4O3S. The van der Waals surface area contributed by atoms with E-state index in [0.29, 0.717) is 16.9 Å². The molecule has 0 saturated carbocycles. The van der Waals surface area contributed by atoms with Crippen molar-refractivity contribution in [3.63, 3.8) is 0 Å². The molecule has 1 amide bonds. The fourth-order valence-electron chi connectivity index (χ4n) is 2.50. The Balaban J connectivity index is 1.76. The van der Waals surface area contributed by atoms with Crippen molar-refractivity contribution in [1.82, 2.24) is 9.78 Å². The molecule has 0 fully saturated rings. The van der Waals surface area contributed by atoms with Crippen LogP contribution in [-0.4, -0.2) is 24.1 Å². The molecule has 146 valence electrons. The first kappa shape index (κ1) is 19.6. The van der Waals surface area contributed by atoms with Gasteiger partial charge in [0.15, 0.2) is 0 Å². The highest BCUT2D eigenvalue weighted by Gasteiger charge is 2.17. The number of nitrogens with one attached hydrogen (secondary N) is 2. The van der Waals surface area contributed by atoms with Crippen LogP contribution in [0.5, 0.6) is 0 Å². The molecule has 0 aliphatic rings. The number of benzene rings is 2. The first-order valence-corrected chi connectivity index (χ1v) is 10.2. The lowest BCUT2D eigenvalue weighted by Gasteiger charge is -2.18. The molecule has 1 aromatic heterocycles. The van der Waals surface area contributed by atoms with E-state index >= 15 is 0 Å². The van der Waals surface area contributed by atoms with Crippen molar-refractivity contribution < 1.29 is 13.2 Å². The highest BCUT2D eigenvalue weighted by molar-refractivity contribution is 7.92. The second-order valence-electron chi connectivity index (χ2n) is 7.30. The number of sulfonamides is 1. The van der Waals surface area contributed by atoms with E-state index in [1.54, 1.807) is 53.5 Å². The van der Waals surface area contributed by atoms with E-state index in [-0.39, 0.29) is 16.3 Å². The van der Waals surface area contributed by atoms with Crippen LogP contribution >= 0.6 is 0 Å². The molecule has 3 aromatic rings. The van der Waals surface area contributed by atoms with Crippen molar-refractivity contribution >= 4 is 27.3 Å². The highest BCUT2D eigenvalue weighted by atomic mass is 32.2. The van der Waals surface area contributed by atoms with Crippen LogP contribution in [0, 0.1) is 0 Å². The number of hydrogen-bond acceptors (Lipinski definition) is 4. The smallest absolute Gasteiger partial charge is 0.261 e. The van der Waals surface area contributed by atoms with Crippen molar-refractivity contribution in [2.24, 2.45) is 0 Å². The van der Waals surface area contributed by atoms with Crippen LogP contribution in [0.1, 0.15) is 31.1 Å². The van der Waals surface area contributed by atoms with E-state index in [9.17, 15) is 13.2 Å². The molecule has 2 N–H and O–H groups in total. The maximum absolute atomic E-state index is 12.5. The first-order chi connectivity index (χ1) is 13.1.